The van der Waals surface area contributed by atoms with Crippen LogP contribution >= 0.6 is 11.6 Å². The summed E-state index contributed by atoms with van der Waals surface area (Å²) in [5.41, 5.74) is 1.99. The van der Waals surface area contributed by atoms with E-state index in [1.54, 1.807) is 32.1 Å². The number of aryl methyl sites for hydroxylation is 1. The van der Waals surface area contributed by atoms with Crippen LogP contribution in [0.15, 0.2) is 53.4 Å². The van der Waals surface area contributed by atoms with Crippen LogP contribution in [-0.2, 0) is 31.7 Å². The van der Waals surface area contributed by atoms with Crippen LogP contribution in [0.25, 0.3) is 0 Å². The number of nitrogens with zero attached hydrogens (tertiary/aromatic N) is 1. The third-order valence-corrected chi connectivity index (χ3v) is 8.92. The molecule has 0 aromatic heterocycles. The van der Waals surface area contributed by atoms with Gasteiger partial charge in [-0.25, -0.2) is 4.21 Å². The maximum absolute atomic E-state index is 13.2. The molecule has 0 radical (unpaired) electrons. The number of allylic oxidation sites excluding steroid dienone is 1. The molecule has 3 unspecified atom stereocenters. The Bertz CT molecular complexity index is 1300. The van der Waals surface area contributed by atoms with E-state index < -0.39 is 22.5 Å². The summed E-state index contributed by atoms with van der Waals surface area (Å²) in [6.45, 7) is 13.3. The SMILES string of the molecule is CC.CCCc1cc(Cl)ccc1C1COc2ccc3cc2N(CCC(CC)C(=O)/C=C/COC(C)(C)C(=O)NS3=O)C1. The lowest BCUT2D eigenvalue weighted by molar-refractivity contribution is -0.139. The molecular formula is C33H45ClN2O5S. The fraction of sp³-hybridized carbons (Fsp3) is 0.515. The Morgan fingerprint density at radius 2 is 1.88 bits per heavy atom. The van der Waals surface area contributed by atoms with Crippen molar-refractivity contribution in [2.24, 2.45) is 5.92 Å². The van der Waals surface area contributed by atoms with E-state index in [1.165, 1.54) is 11.1 Å². The predicted octanol–water partition coefficient (Wildman–Crippen LogP) is 6.79. The zero-order valence-electron chi connectivity index (χ0n) is 25.7. The highest BCUT2D eigenvalue weighted by molar-refractivity contribution is 7.83. The Labute approximate surface area is 258 Å². The standard InChI is InChI=1S/C31H39ClN2O5S.C2H6/c1-5-8-22-17-24(32)10-12-26(22)23-19-34-15-14-21(6-2)28(35)9-7-16-39-31(3,4)30(36)33-40(37)25-11-13-29(38-20-23)27(34)18-25;1-2/h7,9-13,17-18,21,23H,5-6,8,14-16,19-20H2,1-4H3,(H,33,36);1-2H3/b9-7+;. The first-order chi connectivity index (χ1) is 20.1. The maximum Gasteiger partial charge on any atom is 0.263 e. The van der Waals surface area contributed by atoms with Gasteiger partial charge in [-0.3, -0.25) is 14.3 Å². The third-order valence-electron chi connectivity index (χ3n) is 7.63. The Morgan fingerprint density at radius 1 is 1.12 bits per heavy atom. The van der Waals surface area contributed by atoms with Gasteiger partial charge in [0.15, 0.2) is 16.8 Å². The number of fused-ring (bicyclic) bond motifs is 1. The summed E-state index contributed by atoms with van der Waals surface area (Å²) in [6, 6.07) is 11.4. The summed E-state index contributed by atoms with van der Waals surface area (Å²) in [7, 11) is -1.79. The number of ether oxygens (including phenoxy) is 2. The normalized spacial score (nSPS) is 23.5. The molecule has 0 saturated carbocycles. The average molecular weight is 617 g/mol. The first-order valence-corrected chi connectivity index (χ1v) is 16.5. The molecule has 0 spiro atoms. The quantitative estimate of drug-likeness (QED) is 0.407. The second-order valence-electron chi connectivity index (χ2n) is 10.9. The van der Waals surface area contributed by atoms with Crippen LogP contribution in [0, 0.1) is 5.92 Å². The molecule has 2 aromatic rings. The van der Waals surface area contributed by atoms with Crippen LogP contribution in [0.3, 0.4) is 0 Å². The minimum atomic E-state index is -1.79. The minimum Gasteiger partial charge on any atom is -0.491 e. The number of ketones is 1. The number of benzene rings is 2. The third kappa shape index (κ3) is 8.45. The lowest BCUT2D eigenvalue weighted by Crippen LogP contribution is -2.45. The topological polar surface area (TPSA) is 84.9 Å². The molecule has 42 heavy (non-hydrogen) atoms. The van der Waals surface area contributed by atoms with Crippen LogP contribution in [0.5, 0.6) is 5.75 Å². The van der Waals surface area contributed by atoms with Gasteiger partial charge in [-0.05, 0) is 80.6 Å². The first kappa shape index (κ1) is 33.8. The second kappa shape index (κ2) is 15.7. The molecule has 2 bridgehead atoms. The van der Waals surface area contributed by atoms with Crippen molar-refractivity contribution in [3.05, 3.63) is 64.7 Å². The zero-order valence-corrected chi connectivity index (χ0v) is 27.3. The van der Waals surface area contributed by atoms with E-state index in [-0.39, 0.29) is 24.2 Å². The number of rotatable bonds is 4. The Balaban J connectivity index is 0.00000237. The molecule has 1 N–H and O–H groups in total. The van der Waals surface area contributed by atoms with Gasteiger partial charge in [-0.1, -0.05) is 57.9 Å². The smallest absolute Gasteiger partial charge is 0.263 e. The molecule has 1 amide bonds. The van der Waals surface area contributed by atoms with E-state index in [0.29, 0.717) is 43.2 Å². The molecule has 2 aliphatic rings. The second-order valence-corrected chi connectivity index (χ2v) is 12.5. The number of carbonyl (C=O) groups is 2. The molecule has 2 aromatic carbocycles. The Hall–Kier alpha value is -2.68. The summed E-state index contributed by atoms with van der Waals surface area (Å²) in [6.07, 6.45) is 6.49. The van der Waals surface area contributed by atoms with Gasteiger partial charge < -0.3 is 14.4 Å². The Morgan fingerprint density at radius 3 is 2.60 bits per heavy atom. The van der Waals surface area contributed by atoms with Gasteiger partial charge in [0.1, 0.15) is 11.4 Å². The van der Waals surface area contributed by atoms with E-state index in [2.05, 4.69) is 22.6 Å². The summed E-state index contributed by atoms with van der Waals surface area (Å²) in [4.78, 5) is 28.6. The van der Waals surface area contributed by atoms with Crippen LogP contribution in [0.4, 0.5) is 5.69 Å². The van der Waals surface area contributed by atoms with Crippen molar-refractivity contribution in [1.29, 1.82) is 0 Å². The van der Waals surface area contributed by atoms with Gasteiger partial charge in [0.25, 0.3) is 5.91 Å². The minimum absolute atomic E-state index is 0.0427. The summed E-state index contributed by atoms with van der Waals surface area (Å²) in [5, 5.41) is 0.718. The number of amides is 1. The number of nitrogens with one attached hydrogen (secondary N) is 1. The molecule has 2 heterocycles. The van der Waals surface area contributed by atoms with Crippen molar-refractivity contribution in [3.63, 3.8) is 0 Å². The van der Waals surface area contributed by atoms with E-state index in [9.17, 15) is 13.8 Å². The van der Waals surface area contributed by atoms with Crippen molar-refractivity contribution in [2.75, 3.05) is 31.2 Å². The lowest BCUT2D eigenvalue weighted by Gasteiger charge is -2.29. The van der Waals surface area contributed by atoms with Crippen molar-refractivity contribution in [1.82, 2.24) is 4.72 Å². The van der Waals surface area contributed by atoms with Crippen LogP contribution in [0.1, 0.15) is 77.8 Å². The molecular weight excluding hydrogens is 572 g/mol. The highest BCUT2D eigenvalue weighted by atomic mass is 35.5. The summed E-state index contributed by atoms with van der Waals surface area (Å²) < 4.78 is 27.9. The molecule has 7 nitrogen and oxygen atoms in total. The predicted molar refractivity (Wildman–Crippen MR) is 171 cm³/mol. The number of hydrogen-bond donors (Lipinski definition) is 1. The number of carbonyl (C=O) groups excluding carboxylic acids is 2. The van der Waals surface area contributed by atoms with Gasteiger partial charge in [-0.2, -0.15) is 0 Å². The average Bonchev–Trinajstić information content (AvgIpc) is 3.15. The van der Waals surface area contributed by atoms with E-state index in [4.69, 9.17) is 21.1 Å². The molecule has 230 valence electrons. The number of anilines is 1. The summed E-state index contributed by atoms with van der Waals surface area (Å²) in [5.74, 6) is 0.137. The highest BCUT2D eigenvalue weighted by Crippen LogP contribution is 2.38. The van der Waals surface area contributed by atoms with Gasteiger partial charge in [0.2, 0.25) is 0 Å². The molecule has 2 aliphatic heterocycles. The van der Waals surface area contributed by atoms with Crippen molar-refractivity contribution < 1.29 is 23.3 Å². The van der Waals surface area contributed by atoms with Crippen LogP contribution in [-0.4, -0.2) is 47.8 Å². The van der Waals surface area contributed by atoms with Gasteiger partial charge >= 0.3 is 0 Å². The largest absolute Gasteiger partial charge is 0.491 e. The zero-order chi connectivity index (χ0) is 30.9. The summed E-state index contributed by atoms with van der Waals surface area (Å²) >= 11 is 6.35. The maximum atomic E-state index is 13.2. The van der Waals surface area contributed by atoms with E-state index in [1.807, 2.05) is 45.0 Å². The molecule has 0 aliphatic carbocycles. The van der Waals surface area contributed by atoms with Crippen molar-refractivity contribution in [3.8, 4) is 5.75 Å². The first-order valence-electron chi connectivity index (χ1n) is 15.0. The van der Waals surface area contributed by atoms with Gasteiger partial charge in [-0.15, -0.1) is 0 Å². The molecule has 0 fully saturated rings. The Kier molecular flexibility index (Phi) is 12.6. The number of halogens is 1. The van der Waals surface area contributed by atoms with Gasteiger partial charge in [0, 0.05) is 29.9 Å². The van der Waals surface area contributed by atoms with Gasteiger partial charge in [0.05, 0.1) is 23.8 Å². The van der Waals surface area contributed by atoms with Crippen molar-refractivity contribution in [2.45, 2.75) is 83.6 Å². The molecule has 9 heteroatoms. The van der Waals surface area contributed by atoms with E-state index >= 15 is 0 Å². The molecule has 4 rings (SSSR count). The fourth-order valence-electron chi connectivity index (χ4n) is 5.20. The monoisotopic (exact) mass is 616 g/mol. The lowest BCUT2D eigenvalue weighted by atomic mass is 9.91. The molecule has 3 atom stereocenters. The number of hydrogen-bond acceptors (Lipinski definition) is 6. The van der Waals surface area contributed by atoms with Crippen LogP contribution < -0.4 is 14.4 Å². The van der Waals surface area contributed by atoms with Crippen molar-refractivity contribution >= 4 is 40.0 Å². The molecule has 0 saturated heterocycles. The van der Waals surface area contributed by atoms with E-state index in [0.717, 1.165) is 23.6 Å². The fourth-order valence-corrected chi connectivity index (χ4v) is 6.33. The highest BCUT2D eigenvalue weighted by Gasteiger charge is 2.31. The van der Waals surface area contributed by atoms with Crippen LogP contribution in [0.2, 0.25) is 5.02 Å².